The lowest BCUT2D eigenvalue weighted by Gasteiger charge is -2.18. The molecule has 0 fully saturated rings. The highest BCUT2D eigenvalue weighted by molar-refractivity contribution is 5.75. The maximum Gasteiger partial charge on any atom is 0.335 e. The summed E-state index contributed by atoms with van der Waals surface area (Å²) in [4.78, 5) is 15.7. The highest BCUT2D eigenvalue weighted by atomic mass is 16.6. The lowest BCUT2D eigenvalue weighted by atomic mass is 10.1. The number of rotatable bonds is 6. The van der Waals surface area contributed by atoms with Crippen LogP contribution in [0.2, 0.25) is 0 Å². The van der Waals surface area contributed by atoms with Crippen LogP contribution in [-0.2, 0) is 20.7 Å². The van der Waals surface area contributed by atoms with Crippen LogP contribution in [0.25, 0.3) is 0 Å². The summed E-state index contributed by atoms with van der Waals surface area (Å²) in [5, 5.41) is 8.80. The molecule has 1 aromatic heterocycles. The summed E-state index contributed by atoms with van der Waals surface area (Å²) in [7, 11) is 0. The molecule has 19 heavy (non-hydrogen) atoms. The first-order valence-electron chi connectivity index (χ1n) is 6.24. The second kappa shape index (κ2) is 7.49. The highest BCUT2D eigenvalue weighted by Gasteiger charge is 2.22. The van der Waals surface area contributed by atoms with Gasteiger partial charge in [-0.3, -0.25) is 0 Å². The van der Waals surface area contributed by atoms with Gasteiger partial charge in [-0.1, -0.05) is 0 Å². The van der Waals surface area contributed by atoms with Gasteiger partial charge >= 0.3 is 5.97 Å². The SMILES string of the molecule is CCOC(=O)C(Cc1ccnc(C#N)c1)OC(C)C. The molecule has 0 radical (unpaired) electrons. The number of carbonyl (C=O) groups excluding carboxylic acids is 1. The third kappa shape index (κ3) is 5.06. The molecular formula is C14H18N2O3. The molecule has 5 heteroatoms. The fraction of sp³-hybridized carbons (Fsp3) is 0.500. The number of aromatic nitrogens is 1. The highest BCUT2D eigenvalue weighted by Crippen LogP contribution is 2.10. The zero-order valence-corrected chi connectivity index (χ0v) is 11.4. The van der Waals surface area contributed by atoms with E-state index in [-0.39, 0.29) is 12.1 Å². The minimum atomic E-state index is -0.658. The van der Waals surface area contributed by atoms with E-state index >= 15 is 0 Å². The minimum absolute atomic E-state index is 0.0771. The molecule has 0 saturated heterocycles. The predicted octanol–water partition coefficient (Wildman–Crippen LogP) is 1.85. The van der Waals surface area contributed by atoms with Gasteiger partial charge in [0.15, 0.2) is 6.10 Å². The van der Waals surface area contributed by atoms with Crippen molar-refractivity contribution in [3.05, 3.63) is 29.6 Å². The minimum Gasteiger partial charge on any atom is -0.464 e. The molecule has 1 aromatic rings. The van der Waals surface area contributed by atoms with Crippen LogP contribution in [0.3, 0.4) is 0 Å². The van der Waals surface area contributed by atoms with Gasteiger partial charge in [0.1, 0.15) is 11.8 Å². The molecule has 1 unspecified atom stereocenters. The molecule has 1 atom stereocenters. The van der Waals surface area contributed by atoms with Gasteiger partial charge in [0.2, 0.25) is 0 Å². The zero-order valence-electron chi connectivity index (χ0n) is 11.4. The molecule has 0 aromatic carbocycles. The first kappa shape index (κ1) is 15.1. The van der Waals surface area contributed by atoms with Crippen LogP contribution < -0.4 is 0 Å². The van der Waals surface area contributed by atoms with Crippen molar-refractivity contribution in [2.45, 2.75) is 39.4 Å². The van der Waals surface area contributed by atoms with E-state index in [2.05, 4.69) is 4.98 Å². The Morgan fingerprint density at radius 1 is 1.53 bits per heavy atom. The summed E-state index contributed by atoms with van der Waals surface area (Å²) in [5.74, 6) is -0.383. The van der Waals surface area contributed by atoms with E-state index in [9.17, 15) is 4.79 Å². The van der Waals surface area contributed by atoms with Crippen LogP contribution in [0.5, 0.6) is 0 Å². The summed E-state index contributed by atoms with van der Waals surface area (Å²) in [5.41, 5.74) is 1.15. The van der Waals surface area contributed by atoms with Crippen molar-refractivity contribution in [2.24, 2.45) is 0 Å². The van der Waals surface area contributed by atoms with Gasteiger partial charge in [0.25, 0.3) is 0 Å². The molecular weight excluding hydrogens is 244 g/mol. The maximum absolute atomic E-state index is 11.8. The van der Waals surface area contributed by atoms with Gasteiger partial charge in [-0.2, -0.15) is 5.26 Å². The lowest BCUT2D eigenvalue weighted by Crippen LogP contribution is -2.31. The first-order chi connectivity index (χ1) is 9.06. The van der Waals surface area contributed by atoms with E-state index in [0.29, 0.717) is 18.7 Å². The quantitative estimate of drug-likeness (QED) is 0.731. The summed E-state index contributed by atoms with van der Waals surface area (Å²) >= 11 is 0. The lowest BCUT2D eigenvalue weighted by molar-refractivity contribution is -0.159. The Bertz CT molecular complexity index is 466. The van der Waals surface area contributed by atoms with Crippen molar-refractivity contribution in [1.82, 2.24) is 4.98 Å². The standard InChI is InChI=1S/C14H18N2O3/c1-4-18-14(17)13(19-10(2)3)8-11-5-6-16-12(7-11)9-15/h5-7,10,13H,4,8H2,1-3H3. The van der Waals surface area contributed by atoms with E-state index in [1.165, 1.54) is 0 Å². The molecule has 5 nitrogen and oxygen atoms in total. The van der Waals surface area contributed by atoms with Crippen molar-refractivity contribution in [3.8, 4) is 6.07 Å². The van der Waals surface area contributed by atoms with E-state index in [4.69, 9.17) is 14.7 Å². The van der Waals surface area contributed by atoms with Gasteiger partial charge in [0, 0.05) is 12.6 Å². The number of carbonyl (C=O) groups is 1. The number of ether oxygens (including phenoxy) is 2. The average molecular weight is 262 g/mol. The Balaban J connectivity index is 2.81. The van der Waals surface area contributed by atoms with Crippen molar-refractivity contribution in [3.63, 3.8) is 0 Å². The Morgan fingerprint density at radius 3 is 2.84 bits per heavy atom. The summed E-state index contributed by atoms with van der Waals surface area (Å²) in [6.45, 7) is 5.79. The van der Waals surface area contributed by atoms with Gasteiger partial charge < -0.3 is 9.47 Å². The average Bonchev–Trinajstić information content (AvgIpc) is 2.38. The van der Waals surface area contributed by atoms with Gasteiger partial charge in [-0.25, -0.2) is 9.78 Å². The third-order valence-electron chi connectivity index (χ3n) is 2.35. The Kier molecular flexibility index (Phi) is 5.97. The van der Waals surface area contributed by atoms with Gasteiger partial charge in [-0.05, 0) is 38.5 Å². The summed E-state index contributed by atoms with van der Waals surface area (Å²) in [6, 6.07) is 5.38. The fourth-order valence-corrected chi connectivity index (χ4v) is 1.63. The third-order valence-corrected chi connectivity index (χ3v) is 2.35. The molecule has 0 aliphatic rings. The van der Waals surface area contributed by atoms with Gasteiger partial charge in [0.05, 0.1) is 12.7 Å². The van der Waals surface area contributed by atoms with Crippen LogP contribution in [0, 0.1) is 11.3 Å². The zero-order chi connectivity index (χ0) is 14.3. The topological polar surface area (TPSA) is 72.2 Å². The van der Waals surface area contributed by atoms with Crippen molar-refractivity contribution < 1.29 is 14.3 Å². The second-order valence-electron chi connectivity index (χ2n) is 4.29. The molecule has 1 rings (SSSR count). The van der Waals surface area contributed by atoms with E-state index < -0.39 is 6.10 Å². The molecule has 0 N–H and O–H groups in total. The smallest absolute Gasteiger partial charge is 0.335 e. The molecule has 0 aliphatic heterocycles. The normalized spacial score (nSPS) is 11.9. The first-order valence-corrected chi connectivity index (χ1v) is 6.24. The van der Waals surface area contributed by atoms with E-state index in [1.54, 1.807) is 25.3 Å². The summed E-state index contributed by atoms with van der Waals surface area (Å²) in [6.07, 6.45) is 1.18. The monoisotopic (exact) mass is 262 g/mol. The molecule has 0 spiro atoms. The number of hydrogen-bond acceptors (Lipinski definition) is 5. The van der Waals surface area contributed by atoms with Crippen LogP contribution in [-0.4, -0.2) is 29.8 Å². The Labute approximate surface area is 113 Å². The van der Waals surface area contributed by atoms with Crippen molar-refractivity contribution in [1.29, 1.82) is 5.26 Å². The molecule has 102 valence electrons. The molecule has 1 heterocycles. The Morgan fingerprint density at radius 2 is 2.26 bits per heavy atom. The number of nitriles is 1. The van der Waals surface area contributed by atoms with Crippen LogP contribution >= 0.6 is 0 Å². The number of nitrogens with zero attached hydrogens (tertiary/aromatic N) is 2. The van der Waals surface area contributed by atoms with Crippen LogP contribution in [0.1, 0.15) is 32.0 Å². The summed E-state index contributed by atoms with van der Waals surface area (Å²) < 4.78 is 10.6. The number of esters is 1. The molecule has 0 amide bonds. The maximum atomic E-state index is 11.8. The molecule has 0 aliphatic carbocycles. The second-order valence-corrected chi connectivity index (χ2v) is 4.29. The van der Waals surface area contributed by atoms with Crippen LogP contribution in [0.4, 0.5) is 0 Å². The Hall–Kier alpha value is -1.93. The predicted molar refractivity (Wildman–Crippen MR) is 69.3 cm³/mol. The largest absolute Gasteiger partial charge is 0.464 e. The number of pyridine rings is 1. The fourth-order valence-electron chi connectivity index (χ4n) is 1.63. The number of hydrogen-bond donors (Lipinski definition) is 0. The molecule has 0 saturated carbocycles. The van der Waals surface area contributed by atoms with E-state index in [1.807, 2.05) is 19.9 Å². The van der Waals surface area contributed by atoms with Crippen LogP contribution in [0.15, 0.2) is 18.3 Å². The van der Waals surface area contributed by atoms with E-state index in [0.717, 1.165) is 5.56 Å². The van der Waals surface area contributed by atoms with Crippen molar-refractivity contribution >= 4 is 5.97 Å². The van der Waals surface area contributed by atoms with Gasteiger partial charge in [-0.15, -0.1) is 0 Å². The van der Waals surface area contributed by atoms with Crippen molar-refractivity contribution in [2.75, 3.05) is 6.61 Å². The molecule has 0 bridgehead atoms.